The molecule has 3 aromatic heterocycles. The number of likely N-dealkylation sites (N-methyl/N-ethyl adjacent to an activating group) is 1. The highest BCUT2D eigenvalue weighted by Crippen LogP contribution is 2.39. The van der Waals surface area contributed by atoms with Gasteiger partial charge in [0.2, 0.25) is 0 Å². The molecular weight excluding hydrogens is 443 g/mol. The molecule has 1 saturated heterocycles. The number of alkyl halides is 3. The molecular formula is C24H24F3N7. The van der Waals surface area contributed by atoms with Gasteiger partial charge in [-0.3, -0.25) is 4.57 Å². The smallest absolute Gasteiger partial charge is 0.384 e. The number of imidazole rings is 1. The summed E-state index contributed by atoms with van der Waals surface area (Å²) in [5, 5.41) is 0. The van der Waals surface area contributed by atoms with Crippen LogP contribution in [0.2, 0.25) is 0 Å². The Labute approximate surface area is 194 Å². The minimum atomic E-state index is -4.49. The Morgan fingerprint density at radius 2 is 1.71 bits per heavy atom. The van der Waals surface area contributed by atoms with E-state index in [1.165, 1.54) is 6.07 Å². The number of anilines is 2. The monoisotopic (exact) mass is 467 g/mol. The van der Waals surface area contributed by atoms with E-state index >= 15 is 0 Å². The van der Waals surface area contributed by atoms with Crippen LogP contribution in [0.15, 0.2) is 48.7 Å². The van der Waals surface area contributed by atoms with E-state index in [0.29, 0.717) is 47.3 Å². The molecule has 0 spiro atoms. The fourth-order valence-electron chi connectivity index (χ4n) is 4.36. The highest BCUT2D eigenvalue weighted by Gasteiger charge is 2.36. The van der Waals surface area contributed by atoms with Gasteiger partial charge in [0, 0.05) is 49.3 Å². The summed E-state index contributed by atoms with van der Waals surface area (Å²) >= 11 is 0. The van der Waals surface area contributed by atoms with E-state index in [2.05, 4.69) is 14.9 Å². The van der Waals surface area contributed by atoms with Gasteiger partial charge in [0.05, 0.1) is 11.3 Å². The van der Waals surface area contributed by atoms with Crippen molar-refractivity contribution in [2.24, 2.45) is 0 Å². The number of fused-ring (bicyclic) bond motifs is 1. The van der Waals surface area contributed by atoms with Crippen LogP contribution in [0.1, 0.15) is 11.4 Å². The predicted octanol–water partition coefficient (Wildman–Crippen LogP) is 4.14. The molecule has 0 amide bonds. The molecule has 0 radical (unpaired) electrons. The lowest BCUT2D eigenvalue weighted by atomic mass is 10.1. The lowest BCUT2D eigenvalue weighted by Gasteiger charge is -2.35. The molecule has 10 heteroatoms. The van der Waals surface area contributed by atoms with Gasteiger partial charge >= 0.3 is 6.18 Å². The molecule has 34 heavy (non-hydrogen) atoms. The molecule has 1 fully saturated rings. The minimum Gasteiger partial charge on any atom is -0.384 e. The van der Waals surface area contributed by atoms with Gasteiger partial charge in [-0.2, -0.15) is 13.2 Å². The Morgan fingerprint density at radius 3 is 2.41 bits per heavy atom. The standard InChI is InChI=1S/C24H24F3N7/c1-15-30-20-5-4-19(16-7-8-29-22(28)13-16)31-23(20)34(15)17-3-6-21(18(14-17)24(25,26)27)33-11-9-32(2)10-12-33/h3-8,13-14H,9-12H2,1-2H3,(H2,28,29). The summed E-state index contributed by atoms with van der Waals surface area (Å²) in [6, 6.07) is 11.6. The largest absolute Gasteiger partial charge is 0.418 e. The summed E-state index contributed by atoms with van der Waals surface area (Å²) in [7, 11) is 1.97. The zero-order valence-corrected chi connectivity index (χ0v) is 18.8. The lowest BCUT2D eigenvalue weighted by Crippen LogP contribution is -2.45. The maximum atomic E-state index is 14.1. The second-order valence-corrected chi connectivity index (χ2v) is 8.49. The van der Waals surface area contributed by atoms with Gasteiger partial charge in [-0.05, 0) is 56.4 Å². The number of aromatic nitrogens is 4. The number of piperazine rings is 1. The molecule has 176 valence electrons. The van der Waals surface area contributed by atoms with Crippen molar-refractivity contribution < 1.29 is 13.2 Å². The third kappa shape index (κ3) is 4.05. The van der Waals surface area contributed by atoms with Crippen LogP contribution in [0.25, 0.3) is 28.1 Å². The van der Waals surface area contributed by atoms with Crippen molar-refractivity contribution in [1.29, 1.82) is 0 Å². The summed E-state index contributed by atoms with van der Waals surface area (Å²) in [4.78, 5) is 17.1. The molecule has 7 nitrogen and oxygen atoms in total. The zero-order chi connectivity index (χ0) is 24.0. The summed E-state index contributed by atoms with van der Waals surface area (Å²) in [5.74, 6) is 0.910. The van der Waals surface area contributed by atoms with E-state index in [1.54, 1.807) is 52.9 Å². The lowest BCUT2D eigenvalue weighted by molar-refractivity contribution is -0.137. The van der Waals surface area contributed by atoms with Crippen LogP contribution in [0.4, 0.5) is 24.7 Å². The van der Waals surface area contributed by atoms with E-state index in [4.69, 9.17) is 10.7 Å². The SMILES string of the molecule is Cc1nc2ccc(-c3ccnc(N)c3)nc2n1-c1ccc(N2CCN(C)CC2)c(C(F)(F)F)c1. The maximum absolute atomic E-state index is 14.1. The number of nitrogen functional groups attached to an aromatic ring is 1. The Hall–Kier alpha value is -3.66. The van der Waals surface area contributed by atoms with Crippen LogP contribution in [-0.4, -0.2) is 57.6 Å². The first-order chi connectivity index (χ1) is 16.2. The van der Waals surface area contributed by atoms with E-state index in [0.717, 1.165) is 18.7 Å². The zero-order valence-electron chi connectivity index (χ0n) is 18.8. The number of hydrogen-bond donors (Lipinski definition) is 1. The van der Waals surface area contributed by atoms with Crippen LogP contribution < -0.4 is 10.6 Å². The number of nitrogens with two attached hydrogens (primary N) is 1. The molecule has 5 rings (SSSR count). The summed E-state index contributed by atoms with van der Waals surface area (Å²) in [6.07, 6.45) is -2.90. The van der Waals surface area contributed by atoms with E-state index < -0.39 is 11.7 Å². The van der Waals surface area contributed by atoms with Crippen LogP contribution in [-0.2, 0) is 6.18 Å². The van der Waals surface area contributed by atoms with Crippen molar-refractivity contribution in [2.45, 2.75) is 13.1 Å². The van der Waals surface area contributed by atoms with Crippen LogP contribution in [0, 0.1) is 6.92 Å². The highest BCUT2D eigenvalue weighted by atomic mass is 19.4. The first-order valence-electron chi connectivity index (χ1n) is 10.9. The van der Waals surface area contributed by atoms with Crippen molar-refractivity contribution >= 4 is 22.7 Å². The second kappa shape index (κ2) is 8.28. The first kappa shape index (κ1) is 22.1. The normalized spacial score (nSPS) is 15.3. The van der Waals surface area contributed by atoms with Gasteiger partial charge in [-0.1, -0.05) is 0 Å². The fourth-order valence-corrected chi connectivity index (χ4v) is 4.36. The van der Waals surface area contributed by atoms with Crippen molar-refractivity contribution in [3.05, 3.63) is 60.0 Å². The number of aryl methyl sites for hydroxylation is 1. The van der Waals surface area contributed by atoms with Crippen LogP contribution >= 0.6 is 0 Å². The molecule has 4 heterocycles. The van der Waals surface area contributed by atoms with E-state index in [-0.39, 0.29) is 5.69 Å². The molecule has 0 atom stereocenters. The van der Waals surface area contributed by atoms with Crippen molar-refractivity contribution in [3.8, 4) is 16.9 Å². The third-order valence-electron chi connectivity index (χ3n) is 6.14. The molecule has 0 aliphatic carbocycles. The molecule has 1 aromatic carbocycles. The fraction of sp³-hybridized carbons (Fsp3) is 0.292. The van der Waals surface area contributed by atoms with Gasteiger partial charge in [-0.25, -0.2) is 15.0 Å². The number of hydrogen-bond acceptors (Lipinski definition) is 6. The molecule has 2 N–H and O–H groups in total. The Kier molecular flexibility index (Phi) is 5.40. The van der Waals surface area contributed by atoms with Gasteiger partial charge in [0.1, 0.15) is 17.2 Å². The molecule has 0 saturated carbocycles. The average molecular weight is 467 g/mol. The topological polar surface area (TPSA) is 76.1 Å². The average Bonchev–Trinajstić information content (AvgIpc) is 3.13. The number of pyridine rings is 2. The molecule has 4 aromatic rings. The predicted molar refractivity (Wildman–Crippen MR) is 126 cm³/mol. The van der Waals surface area contributed by atoms with Gasteiger partial charge in [0.15, 0.2) is 5.65 Å². The highest BCUT2D eigenvalue weighted by molar-refractivity contribution is 5.78. The minimum absolute atomic E-state index is 0.201. The quantitative estimate of drug-likeness (QED) is 0.488. The number of benzene rings is 1. The number of nitrogens with zero attached hydrogens (tertiary/aromatic N) is 6. The summed E-state index contributed by atoms with van der Waals surface area (Å²) < 4.78 is 44.1. The molecule has 0 unspecified atom stereocenters. The van der Waals surface area contributed by atoms with Crippen molar-refractivity contribution in [3.63, 3.8) is 0 Å². The third-order valence-corrected chi connectivity index (χ3v) is 6.14. The van der Waals surface area contributed by atoms with Gasteiger partial charge in [-0.15, -0.1) is 0 Å². The van der Waals surface area contributed by atoms with Gasteiger partial charge < -0.3 is 15.5 Å². The van der Waals surface area contributed by atoms with Crippen LogP contribution in [0.5, 0.6) is 0 Å². The van der Waals surface area contributed by atoms with Crippen molar-refractivity contribution in [2.75, 3.05) is 43.9 Å². The number of rotatable bonds is 3. The Bertz CT molecular complexity index is 1350. The van der Waals surface area contributed by atoms with E-state index in [1.807, 2.05) is 13.1 Å². The summed E-state index contributed by atoms with van der Waals surface area (Å²) in [6.45, 7) is 4.29. The Morgan fingerprint density at radius 1 is 0.941 bits per heavy atom. The van der Waals surface area contributed by atoms with E-state index in [9.17, 15) is 13.2 Å². The van der Waals surface area contributed by atoms with Crippen molar-refractivity contribution in [1.82, 2.24) is 24.4 Å². The first-order valence-corrected chi connectivity index (χ1v) is 10.9. The van der Waals surface area contributed by atoms with Crippen LogP contribution in [0.3, 0.4) is 0 Å². The number of halogens is 3. The Balaban J connectivity index is 1.63. The summed E-state index contributed by atoms with van der Waals surface area (Å²) in [5.41, 5.74) is 8.18. The second-order valence-electron chi connectivity index (χ2n) is 8.49. The molecule has 1 aliphatic heterocycles. The molecule has 1 aliphatic rings. The maximum Gasteiger partial charge on any atom is 0.418 e. The molecule has 0 bridgehead atoms. The van der Waals surface area contributed by atoms with Gasteiger partial charge in [0.25, 0.3) is 0 Å².